The molecule has 236 valence electrons. The molecule has 0 saturated carbocycles. The predicted molar refractivity (Wildman–Crippen MR) is 198 cm³/mol. The minimum absolute atomic E-state index is 0.0346. The van der Waals surface area contributed by atoms with Gasteiger partial charge in [0, 0.05) is 81.3 Å². The van der Waals surface area contributed by atoms with Gasteiger partial charge in [0.05, 0.1) is 30.4 Å². The second kappa shape index (κ2) is 19.7. The summed E-state index contributed by atoms with van der Waals surface area (Å²) < 4.78 is 26.3. The maximum absolute atomic E-state index is 5.98. The average Bonchev–Trinajstić information content (AvgIpc) is 3.66. The predicted octanol–water partition coefficient (Wildman–Crippen LogP) is 9.16. The molecule has 6 nitrogen and oxygen atoms in total. The van der Waals surface area contributed by atoms with Crippen molar-refractivity contribution < 1.29 is 18.9 Å². The first-order valence-corrected chi connectivity index (χ1v) is 22.6. The molecule has 4 atom stereocenters. The molecular weight excluding hydrogens is 701 g/mol. The van der Waals surface area contributed by atoms with E-state index in [9.17, 15) is 0 Å². The van der Waals surface area contributed by atoms with Crippen molar-refractivity contribution in [2.75, 3.05) is 37.9 Å². The quantitative estimate of drug-likeness (QED) is 0.0358. The van der Waals surface area contributed by atoms with Crippen LogP contribution >= 0.6 is 63.9 Å². The smallest absolute Gasteiger partial charge is 0.157 e. The second-order valence-corrected chi connectivity index (χ2v) is 19.1. The number of hydrogen-bond acceptors (Lipinski definition) is 12. The largest absolute Gasteiger partial charge is 0.353 e. The van der Waals surface area contributed by atoms with Crippen molar-refractivity contribution in [3.05, 3.63) is 58.5 Å². The monoisotopic (exact) mass is 738 g/mol. The second-order valence-electron chi connectivity index (χ2n) is 9.57. The van der Waals surface area contributed by atoms with E-state index in [1.54, 1.807) is 42.3 Å². The zero-order valence-corrected chi connectivity index (χ0v) is 32.2. The first kappa shape index (κ1) is 36.7. The summed E-state index contributed by atoms with van der Waals surface area (Å²) in [5.74, 6) is 1.97. The fourth-order valence-corrected chi connectivity index (χ4v) is 15.0. The summed E-state index contributed by atoms with van der Waals surface area (Å²) in [5, 5.41) is 2.19. The molecule has 0 saturated heterocycles. The zero-order chi connectivity index (χ0) is 31.3. The number of aromatic nitrogens is 2. The fourth-order valence-electron chi connectivity index (χ4n) is 4.54. The summed E-state index contributed by atoms with van der Waals surface area (Å²) in [6, 6.07) is 16.6. The average molecular weight is 739 g/mol. The lowest BCUT2D eigenvalue weighted by molar-refractivity contribution is -0.140. The molecule has 4 rings (SSSR count). The topological polar surface area (TPSA) is 62.7 Å². The Kier molecular flexibility index (Phi) is 16.4. The molecule has 44 heavy (non-hydrogen) atoms. The number of para-hydroxylation sites is 2. The highest BCUT2D eigenvalue weighted by atomic mass is 33.7. The van der Waals surface area contributed by atoms with Crippen LogP contribution in [0.1, 0.15) is 49.5 Å². The third-order valence-corrected chi connectivity index (χ3v) is 16.9. The zero-order valence-electron chi connectivity index (χ0n) is 25.3. The van der Waals surface area contributed by atoms with Gasteiger partial charge in [0.25, 0.3) is 0 Å². The van der Waals surface area contributed by atoms with Gasteiger partial charge in [-0.2, -0.15) is 0 Å². The number of hydrogen-bond donors (Lipinski definition) is 0. The van der Waals surface area contributed by atoms with Crippen LogP contribution in [0.2, 0.25) is 11.1 Å². The van der Waals surface area contributed by atoms with Gasteiger partial charge in [0.1, 0.15) is 0 Å². The van der Waals surface area contributed by atoms with E-state index < -0.39 is 0 Å². The summed E-state index contributed by atoms with van der Waals surface area (Å²) in [5.41, 5.74) is 2.00. The van der Waals surface area contributed by atoms with Gasteiger partial charge < -0.3 is 18.9 Å². The van der Waals surface area contributed by atoms with Crippen molar-refractivity contribution in [2.45, 2.75) is 63.2 Å². The number of benzene rings is 2. The number of thiazole rings is 2. The van der Waals surface area contributed by atoms with E-state index in [2.05, 4.69) is 56.9 Å². The summed E-state index contributed by atoms with van der Waals surface area (Å²) >= 11 is 3.50. The van der Waals surface area contributed by atoms with Crippen LogP contribution in [0.15, 0.2) is 48.5 Å². The summed E-state index contributed by atoms with van der Waals surface area (Å²) in [6.07, 6.45) is -0.694. The van der Waals surface area contributed by atoms with Crippen molar-refractivity contribution >= 4 is 105 Å². The van der Waals surface area contributed by atoms with Gasteiger partial charge in [0.2, 0.25) is 0 Å². The van der Waals surface area contributed by atoms with Crippen LogP contribution in [0.5, 0.6) is 0 Å². The van der Waals surface area contributed by atoms with Crippen LogP contribution in [0.3, 0.4) is 0 Å². The van der Waals surface area contributed by atoms with E-state index in [0.717, 1.165) is 32.6 Å². The minimum Gasteiger partial charge on any atom is -0.353 e. The number of nitrogens with zero attached hydrogens (tertiary/aromatic N) is 2. The summed E-state index contributed by atoms with van der Waals surface area (Å²) in [6.45, 7) is 10.4. The highest BCUT2D eigenvalue weighted by Gasteiger charge is 2.32. The molecule has 2 aromatic carbocycles. The Morgan fingerprint density at radius 2 is 0.977 bits per heavy atom. The molecule has 0 spiro atoms. The first-order valence-electron chi connectivity index (χ1n) is 14.7. The van der Waals surface area contributed by atoms with Crippen molar-refractivity contribution in [2.24, 2.45) is 0 Å². The molecule has 4 unspecified atom stereocenters. The number of rotatable bonds is 21. The molecule has 0 aliphatic carbocycles. The molecule has 0 amide bonds. The van der Waals surface area contributed by atoms with E-state index in [1.807, 2.05) is 61.4 Å². The molecule has 0 N–H and O–H groups in total. The summed E-state index contributed by atoms with van der Waals surface area (Å²) in [4.78, 5) is 10.00. The van der Waals surface area contributed by atoms with Gasteiger partial charge in [-0.15, -0.1) is 22.7 Å². The Morgan fingerprint density at radius 3 is 1.32 bits per heavy atom. The van der Waals surface area contributed by atoms with Crippen molar-refractivity contribution in [3.63, 3.8) is 0 Å². The summed E-state index contributed by atoms with van der Waals surface area (Å²) in [7, 11) is 15.3. The van der Waals surface area contributed by atoms with E-state index in [1.165, 1.54) is 9.40 Å². The molecule has 2 heterocycles. The molecule has 2 aromatic heterocycles. The van der Waals surface area contributed by atoms with Gasteiger partial charge in [-0.1, -0.05) is 45.9 Å². The Morgan fingerprint density at radius 1 is 0.614 bits per heavy atom. The van der Waals surface area contributed by atoms with Crippen molar-refractivity contribution in [1.82, 2.24) is 9.97 Å². The maximum Gasteiger partial charge on any atom is 0.157 e. The van der Waals surface area contributed by atoms with E-state index >= 15 is 0 Å². The molecule has 0 fully saturated rings. The lowest BCUT2D eigenvalue weighted by atomic mass is 10.1. The standard InChI is InChI=1S/C30H38N2O4S6Si2/c1-5-33-29(34-6-2)25(43)19(27-31-21-13-9-11-15-23(21)39-27)17-37-41-42-38-18-20(26(44)30(35-7-3)36-8-4)28-32-22-14-10-12-16-24(22)40-28/h9-16,19-20,25-26,29-30H,5-8,17-18H2,1-4H3. The Hall–Kier alpha value is -0.106. The Labute approximate surface area is 291 Å². The molecular formula is C30H38N2O4S6Si2. The van der Waals surface area contributed by atoms with Gasteiger partial charge in [-0.3, -0.25) is 0 Å². The van der Waals surface area contributed by atoms with Gasteiger partial charge in [-0.05, 0) is 71.6 Å². The SMILES string of the molecule is CCOC(OCC)C([Si])C(CSSSSCC(c1nc2ccccc2s1)C([Si])C(OCC)OCC)c1nc2ccccc2s1. The molecule has 6 radical (unpaired) electrons. The van der Waals surface area contributed by atoms with Gasteiger partial charge in [-0.25, -0.2) is 9.97 Å². The van der Waals surface area contributed by atoms with E-state index in [-0.39, 0.29) is 35.5 Å². The number of ether oxygens (including phenoxy) is 4. The molecule has 0 aliphatic heterocycles. The van der Waals surface area contributed by atoms with Crippen LogP contribution in [0.25, 0.3) is 20.4 Å². The molecule has 4 aromatic rings. The molecule has 14 heteroatoms. The Bertz CT molecular complexity index is 1220. The molecule has 0 bridgehead atoms. The van der Waals surface area contributed by atoms with E-state index in [0.29, 0.717) is 26.4 Å². The lowest BCUT2D eigenvalue weighted by Crippen LogP contribution is -2.29. The number of fused-ring (bicyclic) bond motifs is 2. The van der Waals surface area contributed by atoms with Gasteiger partial charge in [0.15, 0.2) is 12.6 Å². The molecule has 0 aliphatic rings. The van der Waals surface area contributed by atoms with Crippen molar-refractivity contribution in [1.29, 1.82) is 0 Å². The maximum atomic E-state index is 5.98. The Balaban J connectivity index is 1.41. The van der Waals surface area contributed by atoms with Crippen molar-refractivity contribution in [3.8, 4) is 0 Å². The van der Waals surface area contributed by atoms with Crippen LogP contribution in [0.4, 0.5) is 0 Å². The highest BCUT2D eigenvalue weighted by molar-refractivity contribution is 9.26. The van der Waals surface area contributed by atoms with E-state index in [4.69, 9.17) is 28.9 Å². The van der Waals surface area contributed by atoms with Gasteiger partial charge >= 0.3 is 0 Å². The van der Waals surface area contributed by atoms with Crippen LogP contribution < -0.4 is 0 Å². The van der Waals surface area contributed by atoms with Crippen LogP contribution in [-0.2, 0) is 18.9 Å². The third-order valence-electron chi connectivity index (χ3n) is 6.65. The van der Waals surface area contributed by atoms with Crippen LogP contribution in [0, 0.1) is 0 Å². The highest BCUT2D eigenvalue weighted by Crippen LogP contribution is 2.50. The van der Waals surface area contributed by atoms with Crippen LogP contribution in [-0.4, -0.2) is 81.0 Å². The minimum atomic E-state index is -0.347. The first-order chi connectivity index (χ1) is 21.5. The lowest BCUT2D eigenvalue weighted by Gasteiger charge is -2.29. The fraction of sp³-hybridized carbons (Fsp3) is 0.533. The normalized spacial score (nSPS) is 15.0. The third kappa shape index (κ3) is 10.2.